The maximum Gasteiger partial charge on any atom is 0.203 e. The van der Waals surface area contributed by atoms with Crippen LogP contribution in [0.15, 0.2) is 51.4 Å². The number of anilines is 1. The second-order valence-corrected chi connectivity index (χ2v) is 7.54. The van der Waals surface area contributed by atoms with Crippen LogP contribution in [0.4, 0.5) is 5.13 Å². The van der Waals surface area contributed by atoms with E-state index in [2.05, 4.69) is 31.4 Å². The third-order valence-electron chi connectivity index (χ3n) is 3.25. The molecule has 1 heterocycles. The SMILES string of the molecule is COc1c(Cl)cc(Cl)cc1/C=N\Nc1nc(-c2ccc(Br)cc2)cs1. The quantitative estimate of drug-likeness (QED) is 0.360. The number of hydrogen-bond acceptors (Lipinski definition) is 5. The number of aromatic nitrogens is 1. The summed E-state index contributed by atoms with van der Waals surface area (Å²) in [5.41, 5.74) is 5.52. The van der Waals surface area contributed by atoms with Crippen molar-refractivity contribution in [1.82, 2.24) is 4.98 Å². The van der Waals surface area contributed by atoms with Gasteiger partial charge in [-0.05, 0) is 24.3 Å². The van der Waals surface area contributed by atoms with Crippen molar-refractivity contribution in [3.8, 4) is 17.0 Å². The van der Waals surface area contributed by atoms with Crippen LogP contribution in [0.5, 0.6) is 5.75 Å². The van der Waals surface area contributed by atoms with E-state index < -0.39 is 0 Å². The minimum atomic E-state index is 0.434. The normalized spacial score (nSPS) is 11.0. The summed E-state index contributed by atoms with van der Waals surface area (Å²) in [5.74, 6) is 0.520. The molecule has 0 aliphatic heterocycles. The molecule has 4 nitrogen and oxygen atoms in total. The van der Waals surface area contributed by atoms with Crippen molar-refractivity contribution in [2.75, 3.05) is 12.5 Å². The average molecular weight is 457 g/mol. The molecule has 0 saturated heterocycles. The zero-order valence-electron chi connectivity index (χ0n) is 13.0. The fourth-order valence-corrected chi connectivity index (χ4v) is 3.65. The summed E-state index contributed by atoms with van der Waals surface area (Å²) in [6.07, 6.45) is 1.59. The molecule has 0 fully saturated rings. The smallest absolute Gasteiger partial charge is 0.203 e. The number of benzene rings is 2. The molecule has 128 valence electrons. The Morgan fingerprint density at radius 1 is 1.24 bits per heavy atom. The first-order chi connectivity index (χ1) is 12.1. The van der Waals surface area contributed by atoms with E-state index >= 15 is 0 Å². The van der Waals surface area contributed by atoms with E-state index in [1.165, 1.54) is 11.3 Å². The van der Waals surface area contributed by atoms with Gasteiger partial charge in [0, 0.05) is 26.0 Å². The zero-order valence-corrected chi connectivity index (χ0v) is 16.9. The van der Waals surface area contributed by atoms with E-state index in [1.807, 2.05) is 29.6 Å². The first-order valence-electron chi connectivity index (χ1n) is 7.10. The lowest BCUT2D eigenvalue weighted by Crippen LogP contribution is -1.95. The molecule has 0 bridgehead atoms. The van der Waals surface area contributed by atoms with Gasteiger partial charge in [-0.15, -0.1) is 11.3 Å². The van der Waals surface area contributed by atoms with Gasteiger partial charge in [-0.3, -0.25) is 5.43 Å². The molecule has 0 unspecified atom stereocenters. The maximum absolute atomic E-state index is 6.11. The number of nitrogens with zero attached hydrogens (tertiary/aromatic N) is 2. The Hall–Kier alpha value is -1.60. The van der Waals surface area contributed by atoms with Crippen molar-refractivity contribution in [3.05, 3.63) is 61.9 Å². The molecule has 0 aliphatic carbocycles. The Kier molecular flexibility index (Phi) is 5.96. The van der Waals surface area contributed by atoms with Gasteiger partial charge in [-0.25, -0.2) is 4.98 Å². The molecule has 3 rings (SSSR count). The first-order valence-corrected chi connectivity index (χ1v) is 9.53. The number of rotatable bonds is 5. The van der Waals surface area contributed by atoms with Gasteiger partial charge in [0.1, 0.15) is 5.75 Å². The average Bonchev–Trinajstić information content (AvgIpc) is 3.04. The Morgan fingerprint density at radius 3 is 2.72 bits per heavy atom. The number of hydrazone groups is 1. The van der Waals surface area contributed by atoms with Crippen molar-refractivity contribution in [1.29, 1.82) is 0 Å². The minimum absolute atomic E-state index is 0.434. The van der Waals surface area contributed by atoms with E-state index in [-0.39, 0.29) is 0 Å². The molecule has 2 aromatic carbocycles. The van der Waals surface area contributed by atoms with E-state index in [1.54, 1.807) is 25.5 Å². The van der Waals surface area contributed by atoms with E-state index in [0.717, 1.165) is 15.7 Å². The molecule has 25 heavy (non-hydrogen) atoms. The monoisotopic (exact) mass is 455 g/mol. The second-order valence-electron chi connectivity index (χ2n) is 4.92. The molecular formula is C17H12BrCl2N3OS. The molecule has 3 aromatic rings. The maximum atomic E-state index is 6.11. The van der Waals surface area contributed by atoms with Crippen molar-refractivity contribution in [2.45, 2.75) is 0 Å². The Labute approximate surface area is 167 Å². The number of ether oxygens (including phenoxy) is 1. The van der Waals surface area contributed by atoms with Crippen LogP contribution in [0.2, 0.25) is 10.0 Å². The molecule has 1 N–H and O–H groups in total. The van der Waals surface area contributed by atoms with E-state index in [9.17, 15) is 0 Å². The van der Waals surface area contributed by atoms with Crippen molar-refractivity contribution in [3.63, 3.8) is 0 Å². The van der Waals surface area contributed by atoms with Crippen LogP contribution in [0.1, 0.15) is 5.56 Å². The largest absolute Gasteiger partial charge is 0.495 e. The summed E-state index contributed by atoms with van der Waals surface area (Å²) in [6.45, 7) is 0. The van der Waals surface area contributed by atoms with Gasteiger partial charge in [0.25, 0.3) is 0 Å². The molecule has 0 atom stereocenters. The number of methoxy groups -OCH3 is 1. The Morgan fingerprint density at radius 2 is 2.00 bits per heavy atom. The van der Waals surface area contributed by atoms with Crippen LogP contribution in [-0.4, -0.2) is 18.3 Å². The highest BCUT2D eigenvalue weighted by atomic mass is 79.9. The molecule has 1 aromatic heterocycles. The van der Waals surface area contributed by atoms with Crippen LogP contribution < -0.4 is 10.2 Å². The number of hydrogen-bond donors (Lipinski definition) is 1. The Bertz CT molecular complexity index is 913. The third-order valence-corrected chi connectivity index (χ3v) is 5.02. The predicted octanol–water partition coefficient (Wildman–Crippen LogP) is 6.33. The minimum Gasteiger partial charge on any atom is -0.495 e. The van der Waals surface area contributed by atoms with E-state index in [4.69, 9.17) is 27.9 Å². The Balaban J connectivity index is 1.74. The van der Waals surface area contributed by atoms with Gasteiger partial charge < -0.3 is 4.74 Å². The molecule has 0 amide bonds. The zero-order chi connectivity index (χ0) is 17.8. The van der Waals surface area contributed by atoms with Gasteiger partial charge >= 0.3 is 0 Å². The lowest BCUT2D eigenvalue weighted by Gasteiger charge is -2.07. The standard InChI is InChI=1S/C17H12BrCl2N3OS/c1-24-16-11(6-13(19)7-14(16)20)8-21-23-17-22-15(9-25-17)10-2-4-12(18)5-3-10/h2-9H,1H3,(H,22,23)/b21-8-. The highest BCUT2D eigenvalue weighted by Gasteiger charge is 2.08. The lowest BCUT2D eigenvalue weighted by atomic mass is 10.2. The van der Waals surface area contributed by atoms with Gasteiger partial charge in [-0.2, -0.15) is 5.10 Å². The van der Waals surface area contributed by atoms with Crippen molar-refractivity contribution < 1.29 is 4.74 Å². The molecule has 0 radical (unpaired) electrons. The predicted molar refractivity (Wildman–Crippen MR) is 109 cm³/mol. The summed E-state index contributed by atoms with van der Waals surface area (Å²) in [7, 11) is 1.55. The lowest BCUT2D eigenvalue weighted by molar-refractivity contribution is 0.414. The molecule has 0 saturated carbocycles. The van der Waals surface area contributed by atoms with Crippen molar-refractivity contribution >= 4 is 61.8 Å². The topological polar surface area (TPSA) is 46.5 Å². The van der Waals surface area contributed by atoms with Crippen LogP contribution >= 0.6 is 50.5 Å². The fourth-order valence-electron chi connectivity index (χ4n) is 2.13. The van der Waals surface area contributed by atoms with Gasteiger partial charge in [0.05, 0.1) is 24.0 Å². The van der Waals surface area contributed by atoms with Crippen LogP contribution in [0, 0.1) is 0 Å². The number of halogens is 3. The van der Waals surface area contributed by atoms with Crippen molar-refractivity contribution in [2.24, 2.45) is 5.10 Å². The summed E-state index contributed by atoms with van der Waals surface area (Å²) in [5, 5.41) is 7.79. The summed E-state index contributed by atoms with van der Waals surface area (Å²) in [6, 6.07) is 11.3. The van der Waals surface area contributed by atoms with Crippen LogP contribution in [0.25, 0.3) is 11.3 Å². The first kappa shape index (κ1) is 18.2. The fraction of sp³-hybridized carbons (Fsp3) is 0.0588. The summed E-state index contributed by atoms with van der Waals surface area (Å²) in [4.78, 5) is 4.51. The van der Waals surface area contributed by atoms with Gasteiger partial charge in [0.15, 0.2) is 0 Å². The molecule has 0 aliphatic rings. The van der Waals surface area contributed by atoms with Gasteiger partial charge in [-0.1, -0.05) is 51.3 Å². The summed E-state index contributed by atoms with van der Waals surface area (Å²) < 4.78 is 6.31. The highest BCUT2D eigenvalue weighted by molar-refractivity contribution is 9.10. The third kappa shape index (κ3) is 4.52. The van der Waals surface area contributed by atoms with E-state index in [0.29, 0.717) is 26.5 Å². The summed E-state index contributed by atoms with van der Waals surface area (Å²) >= 11 is 17.0. The van der Waals surface area contributed by atoms with Crippen LogP contribution in [0.3, 0.4) is 0 Å². The highest BCUT2D eigenvalue weighted by Crippen LogP contribution is 2.31. The molecule has 8 heteroatoms. The second kappa shape index (κ2) is 8.19. The molecular weight excluding hydrogens is 445 g/mol. The number of nitrogens with one attached hydrogen (secondary N) is 1. The van der Waals surface area contributed by atoms with Gasteiger partial charge in [0.2, 0.25) is 5.13 Å². The molecule has 0 spiro atoms. The number of thiazole rings is 1. The van der Waals surface area contributed by atoms with Crippen LogP contribution in [-0.2, 0) is 0 Å².